The number of carbonyl (C=O) groups excluding carboxylic acids is 2. The van der Waals surface area contributed by atoms with Crippen LogP contribution in [0.2, 0.25) is 0 Å². The molecule has 6 fully saturated rings. The molecule has 4 saturated carbocycles. The molecular formula is C22H29BrO6. The number of Topliss-reactive ketones (excluding diaryl/α,β-unsaturated/α-hetero) is 2. The minimum absolute atomic E-state index is 0.0327. The van der Waals surface area contributed by atoms with E-state index in [1.54, 1.807) is 0 Å². The van der Waals surface area contributed by atoms with Crippen LogP contribution in [0.1, 0.15) is 46.0 Å². The van der Waals surface area contributed by atoms with Gasteiger partial charge in [0.2, 0.25) is 5.79 Å². The first-order valence-corrected chi connectivity index (χ1v) is 11.6. The molecule has 4 bridgehead atoms. The molecule has 3 N–H and O–H groups in total. The molecular weight excluding hydrogens is 440 g/mol. The lowest BCUT2D eigenvalue weighted by atomic mass is 9.35. The Morgan fingerprint density at radius 2 is 1.93 bits per heavy atom. The number of aliphatic hydroxyl groups excluding tert-OH is 2. The van der Waals surface area contributed by atoms with Gasteiger partial charge >= 0.3 is 0 Å². The normalized spacial score (nSPS) is 58.3. The molecule has 0 radical (unpaired) electrons. The van der Waals surface area contributed by atoms with Gasteiger partial charge in [-0.3, -0.25) is 9.59 Å². The number of rotatable bonds is 2. The van der Waals surface area contributed by atoms with Crippen molar-refractivity contribution in [1.29, 1.82) is 0 Å². The Labute approximate surface area is 178 Å². The summed E-state index contributed by atoms with van der Waals surface area (Å²) >= 11 is 3.58. The number of alkyl halides is 1. The Balaban J connectivity index is 1.80. The third-order valence-corrected chi connectivity index (χ3v) is 10.00. The summed E-state index contributed by atoms with van der Waals surface area (Å²) in [5, 5.41) is 34.6. The van der Waals surface area contributed by atoms with Gasteiger partial charge in [0.05, 0.1) is 23.0 Å². The minimum atomic E-state index is -2.22. The van der Waals surface area contributed by atoms with Crippen LogP contribution in [0.3, 0.4) is 0 Å². The molecule has 7 heteroatoms. The van der Waals surface area contributed by atoms with Crippen LogP contribution in [0, 0.1) is 34.0 Å². The summed E-state index contributed by atoms with van der Waals surface area (Å²) in [5.41, 5.74) is -2.98. The molecule has 6 rings (SSSR count). The third-order valence-electron chi connectivity index (χ3n) is 9.26. The predicted octanol–water partition coefficient (Wildman–Crippen LogP) is 1.74. The Hall–Kier alpha value is -0.600. The van der Waals surface area contributed by atoms with Crippen LogP contribution in [0.25, 0.3) is 0 Å². The van der Waals surface area contributed by atoms with Crippen molar-refractivity contribution in [3.63, 3.8) is 0 Å². The summed E-state index contributed by atoms with van der Waals surface area (Å²) in [6.45, 7) is 8.00. The molecule has 2 heterocycles. The monoisotopic (exact) mass is 468 g/mol. The van der Waals surface area contributed by atoms with Gasteiger partial charge in [-0.05, 0) is 42.6 Å². The average Bonchev–Trinajstić information content (AvgIpc) is 2.76. The van der Waals surface area contributed by atoms with Crippen LogP contribution in [0.5, 0.6) is 0 Å². The van der Waals surface area contributed by atoms with Gasteiger partial charge in [-0.2, -0.15) is 0 Å². The predicted molar refractivity (Wildman–Crippen MR) is 107 cm³/mol. The minimum Gasteiger partial charge on any atom is -0.391 e. The molecule has 1 unspecified atom stereocenters. The summed E-state index contributed by atoms with van der Waals surface area (Å²) < 4.78 is 5.85. The van der Waals surface area contributed by atoms with E-state index >= 15 is 0 Å². The number of aliphatic hydroxyl groups is 3. The van der Waals surface area contributed by atoms with Gasteiger partial charge in [0.25, 0.3) is 0 Å². The lowest BCUT2D eigenvalue weighted by Gasteiger charge is -2.73. The van der Waals surface area contributed by atoms with E-state index in [9.17, 15) is 24.9 Å². The highest BCUT2D eigenvalue weighted by molar-refractivity contribution is 9.10. The standard InChI is InChI=1S/C22H29BrO6/c1-4-7-19(3)8-12(23)17(26)20-9-29-22(28,18(27)14(19)20)21-13(20)6-5-11(16(21)25)10(2)15(21)24/h11-14,16,18,25,27-28H,2,4-9H2,1,3H3/t11-,12?,13-,14+,16+,18-,19+,20-,21-,22-/m0/s1. The molecule has 2 aliphatic heterocycles. The zero-order valence-corrected chi connectivity index (χ0v) is 18.4. The van der Waals surface area contributed by atoms with Crippen molar-refractivity contribution < 1.29 is 29.6 Å². The fourth-order valence-electron chi connectivity index (χ4n) is 8.38. The van der Waals surface area contributed by atoms with Crippen molar-refractivity contribution in [3.05, 3.63) is 12.2 Å². The summed E-state index contributed by atoms with van der Waals surface area (Å²) in [5.74, 6) is -4.31. The largest absolute Gasteiger partial charge is 0.391 e. The highest BCUT2D eigenvalue weighted by Gasteiger charge is 2.87. The molecule has 6 aliphatic rings. The van der Waals surface area contributed by atoms with Crippen LogP contribution < -0.4 is 0 Å². The van der Waals surface area contributed by atoms with E-state index in [2.05, 4.69) is 36.4 Å². The Bertz CT molecular complexity index is 828. The zero-order chi connectivity index (χ0) is 21.1. The highest BCUT2D eigenvalue weighted by Crippen LogP contribution is 2.76. The number of fused-ring (bicyclic) bond motifs is 2. The van der Waals surface area contributed by atoms with E-state index in [4.69, 9.17) is 4.74 Å². The topological polar surface area (TPSA) is 104 Å². The summed E-state index contributed by atoms with van der Waals surface area (Å²) in [4.78, 5) is 26.9. The first-order chi connectivity index (χ1) is 13.5. The van der Waals surface area contributed by atoms with Crippen molar-refractivity contribution in [1.82, 2.24) is 0 Å². The fourth-order valence-corrected chi connectivity index (χ4v) is 9.54. The highest BCUT2D eigenvalue weighted by atomic mass is 79.9. The van der Waals surface area contributed by atoms with Gasteiger partial charge < -0.3 is 20.1 Å². The van der Waals surface area contributed by atoms with Gasteiger partial charge in [-0.25, -0.2) is 0 Å². The summed E-state index contributed by atoms with van der Waals surface area (Å²) in [6.07, 6.45) is 0.645. The van der Waals surface area contributed by atoms with Crippen LogP contribution in [-0.4, -0.2) is 56.3 Å². The number of ketones is 2. The van der Waals surface area contributed by atoms with E-state index in [1.165, 1.54) is 0 Å². The van der Waals surface area contributed by atoms with Crippen LogP contribution in [-0.2, 0) is 14.3 Å². The van der Waals surface area contributed by atoms with Crippen molar-refractivity contribution in [3.8, 4) is 0 Å². The van der Waals surface area contributed by atoms with Crippen molar-refractivity contribution in [2.24, 2.45) is 34.0 Å². The van der Waals surface area contributed by atoms with Gasteiger partial charge in [-0.1, -0.05) is 42.8 Å². The molecule has 0 aromatic carbocycles. The summed E-state index contributed by atoms with van der Waals surface area (Å²) in [6, 6.07) is 0. The van der Waals surface area contributed by atoms with Gasteiger partial charge in [0, 0.05) is 11.8 Å². The Kier molecular flexibility index (Phi) is 4.06. The third kappa shape index (κ3) is 1.86. The van der Waals surface area contributed by atoms with E-state index in [0.29, 0.717) is 19.3 Å². The van der Waals surface area contributed by atoms with E-state index < -0.39 is 62.6 Å². The quantitative estimate of drug-likeness (QED) is 0.421. The second-order valence-corrected chi connectivity index (χ2v) is 11.4. The molecule has 0 aromatic heterocycles. The van der Waals surface area contributed by atoms with Gasteiger partial charge in [-0.15, -0.1) is 0 Å². The second kappa shape index (κ2) is 5.80. The van der Waals surface area contributed by atoms with Crippen LogP contribution in [0.4, 0.5) is 0 Å². The smallest absolute Gasteiger partial charge is 0.208 e. The van der Waals surface area contributed by atoms with Crippen molar-refractivity contribution >= 4 is 27.5 Å². The Morgan fingerprint density at radius 1 is 1.24 bits per heavy atom. The van der Waals surface area contributed by atoms with Crippen LogP contribution >= 0.6 is 15.9 Å². The average molecular weight is 469 g/mol. The SMILES string of the molecule is C=C1C(=O)[C@]23[C@H](O)[C@H]1CC[C@H]2[C@@]12CO[C@@]3(O)[C@@H](O)[C@@H]1[C@](C)(CCC)CC(Br)C2=O. The molecule has 2 saturated heterocycles. The van der Waals surface area contributed by atoms with Crippen molar-refractivity contribution in [2.45, 2.75) is 68.8 Å². The van der Waals surface area contributed by atoms with E-state index in [0.717, 1.165) is 12.8 Å². The number of hydrogen-bond acceptors (Lipinski definition) is 6. The maximum Gasteiger partial charge on any atom is 0.208 e. The molecule has 29 heavy (non-hydrogen) atoms. The number of halogens is 1. The number of ether oxygens (including phenoxy) is 1. The first kappa shape index (κ1) is 20.3. The van der Waals surface area contributed by atoms with Gasteiger partial charge in [0.15, 0.2) is 11.6 Å². The maximum absolute atomic E-state index is 13.8. The molecule has 4 aliphatic carbocycles. The Morgan fingerprint density at radius 3 is 2.59 bits per heavy atom. The fraction of sp³-hybridized carbons (Fsp3) is 0.818. The second-order valence-electron chi connectivity index (χ2n) is 10.3. The zero-order valence-electron chi connectivity index (χ0n) is 16.9. The molecule has 0 amide bonds. The molecule has 10 atom stereocenters. The first-order valence-electron chi connectivity index (χ1n) is 10.7. The van der Waals surface area contributed by atoms with Crippen molar-refractivity contribution in [2.75, 3.05) is 6.61 Å². The molecule has 2 spiro atoms. The number of carbonyl (C=O) groups is 2. The molecule has 6 nitrogen and oxygen atoms in total. The summed E-state index contributed by atoms with van der Waals surface area (Å²) in [7, 11) is 0. The lowest BCUT2D eigenvalue weighted by molar-refractivity contribution is -0.438. The van der Waals surface area contributed by atoms with E-state index in [-0.39, 0.29) is 18.0 Å². The van der Waals surface area contributed by atoms with Gasteiger partial charge in [0.1, 0.15) is 11.5 Å². The van der Waals surface area contributed by atoms with Crippen LogP contribution in [0.15, 0.2) is 12.2 Å². The lowest BCUT2D eigenvalue weighted by Crippen LogP contribution is -2.86. The van der Waals surface area contributed by atoms with E-state index in [1.807, 2.05) is 0 Å². The molecule has 0 aromatic rings. The molecule has 160 valence electrons. The maximum atomic E-state index is 13.8. The number of hydrogen-bond donors (Lipinski definition) is 3.